The fourth-order valence-corrected chi connectivity index (χ4v) is 1.89. The van der Waals surface area contributed by atoms with Crippen LogP contribution in [0, 0.1) is 0 Å². The monoisotopic (exact) mass is 210 g/mol. The highest BCUT2D eigenvalue weighted by Crippen LogP contribution is 2.17. The van der Waals surface area contributed by atoms with Gasteiger partial charge in [-0.3, -0.25) is 4.79 Å². The van der Waals surface area contributed by atoms with Crippen molar-refractivity contribution < 1.29 is 4.79 Å². The van der Waals surface area contributed by atoms with E-state index in [0.717, 1.165) is 25.8 Å². The molecule has 1 amide bonds. The lowest BCUT2D eigenvalue weighted by atomic mass is 10.2. The average Bonchev–Trinajstić information content (AvgIpc) is 2.70. The Kier molecular flexibility index (Phi) is 5.40. The highest BCUT2D eigenvalue weighted by Gasteiger charge is 2.19. The maximum Gasteiger partial charge on any atom is 0.237 e. The molecular weight excluding hydrogens is 188 g/mol. The van der Waals surface area contributed by atoms with Gasteiger partial charge in [-0.25, -0.2) is 0 Å². The van der Waals surface area contributed by atoms with E-state index in [9.17, 15) is 4.79 Å². The molecule has 0 aromatic rings. The molecule has 0 aromatic heterocycles. The smallest absolute Gasteiger partial charge is 0.237 e. The van der Waals surface area contributed by atoms with Gasteiger partial charge in [-0.2, -0.15) is 0 Å². The summed E-state index contributed by atoms with van der Waals surface area (Å²) in [5.74, 6) is 0.131. The highest BCUT2D eigenvalue weighted by atomic mass is 16.2. The fraction of sp³-hybridized carbons (Fsp3) is 0.750. The molecule has 1 unspecified atom stereocenters. The highest BCUT2D eigenvalue weighted by molar-refractivity contribution is 5.81. The lowest BCUT2D eigenvalue weighted by molar-refractivity contribution is -0.123. The third-order valence-electron chi connectivity index (χ3n) is 2.89. The van der Waals surface area contributed by atoms with Crippen LogP contribution in [-0.2, 0) is 4.79 Å². The second kappa shape index (κ2) is 6.62. The van der Waals surface area contributed by atoms with Crippen molar-refractivity contribution in [2.24, 2.45) is 0 Å². The van der Waals surface area contributed by atoms with Gasteiger partial charge in [0.25, 0.3) is 0 Å². The van der Waals surface area contributed by atoms with Crippen LogP contribution in [0.4, 0.5) is 0 Å². The van der Waals surface area contributed by atoms with E-state index in [1.54, 1.807) is 0 Å². The summed E-state index contributed by atoms with van der Waals surface area (Å²) in [5, 5.41) is 6.25. The number of amides is 1. The zero-order chi connectivity index (χ0) is 11.1. The van der Waals surface area contributed by atoms with Crippen molar-refractivity contribution in [2.45, 2.75) is 51.1 Å². The fourth-order valence-electron chi connectivity index (χ4n) is 1.89. The Balaban J connectivity index is 2.16. The molecule has 1 aliphatic rings. The molecule has 0 bridgehead atoms. The summed E-state index contributed by atoms with van der Waals surface area (Å²) in [6, 6.07) is 0.326. The van der Waals surface area contributed by atoms with Crippen LogP contribution in [0.2, 0.25) is 0 Å². The zero-order valence-corrected chi connectivity index (χ0v) is 9.59. The van der Waals surface area contributed by atoms with E-state index in [2.05, 4.69) is 17.2 Å². The summed E-state index contributed by atoms with van der Waals surface area (Å²) >= 11 is 0. The van der Waals surface area contributed by atoms with Gasteiger partial charge in [0.05, 0.1) is 6.04 Å². The normalized spacial score (nSPS) is 18.7. The Bertz CT molecular complexity index is 210. The number of carbonyl (C=O) groups excluding carboxylic acids is 1. The summed E-state index contributed by atoms with van der Waals surface area (Å²) in [5.41, 5.74) is 0. The van der Waals surface area contributed by atoms with Crippen molar-refractivity contribution in [3.8, 4) is 0 Å². The molecule has 1 rings (SSSR count). The molecule has 86 valence electrons. The number of carbonyl (C=O) groups is 1. The molecule has 0 heterocycles. The minimum Gasteiger partial charge on any atom is -0.352 e. The lowest BCUT2D eigenvalue weighted by Crippen LogP contribution is -2.45. The molecule has 2 N–H and O–H groups in total. The molecule has 1 fully saturated rings. The first-order chi connectivity index (χ1) is 7.24. The van der Waals surface area contributed by atoms with E-state index < -0.39 is 0 Å². The van der Waals surface area contributed by atoms with Crippen LogP contribution in [0.15, 0.2) is 12.7 Å². The molecule has 1 atom stereocenters. The van der Waals surface area contributed by atoms with Crippen molar-refractivity contribution >= 4 is 5.91 Å². The SMILES string of the molecule is C=CCCNC(C)C(=O)NC1CCCC1. The van der Waals surface area contributed by atoms with Crippen molar-refractivity contribution in [3.05, 3.63) is 12.7 Å². The van der Waals surface area contributed by atoms with Gasteiger partial charge in [0.1, 0.15) is 0 Å². The molecule has 0 radical (unpaired) electrons. The predicted molar refractivity (Wildman–Crippen MR) is 62.7 cm³/mol. The molecule has 0 aromatic carbocycles. The van der Waals surface area contributed by atoms with Gasteiger partial charge in [-0.05, 0) is 32.7 Å². The Hall–Kier alpha value is -0.830. The zero-order valence-electron chi connectivity index (χ0n) is 9.59. The first-order valence-corrected chi connectivity index (χ1v) is 5.88. The quantitative estimate of drug-likeness (QED) is 0.516. The Morgan fingerprint density at radius 1 is 1.53 bits per heavy atom. The van der Waals surface area contributed by atoms with Gasteiger partial charge in [-0.15, -0.1) is 6.58 Å². The van der Waals surface area contributed by atoms with Gasteiger partial charge in [0.2, 0.25) is 5.91 Å². The molecule has 3 nitrogen and oxygen atoms in total. The number of nitrogens with one attached hydrogen (secondary N) is 2. The van der Waals surface area contributed by atoms with Gasteiger partial charge in [0, 0.05) is 6.04 Å². The van der Waals surface area contributed by atoms with Crippen LogP contribution in [0.25, 0.3) is 0 Å². The van der Waals surface area contributed by atoms with Gasteiger partial charge in [-0.1, -0.05) is 18.9 Å². The third kappa shape index (κ3) is 4.47. The van der Waals surface area contributed by atoms with Crippen molar-refractivity contribution in [3.63, 3.8) is 0 Å². The number of hydrogen-bond acceptors (Lipinski definition) is 2. The average molecular weight is 210 g/mol. The molecule has 1 saturated carbocycles. The summed E-state index contributed by atoms with van der Waals surface area (Å²) in [7, 11) is 0. The number of hydrogen-bond donors (Lipinski definition) is 2. The van der Waals surface area contributed by atoms with Gasteiger partial charge in [0.15, 0.2) is 0 Å². The molecule has 0 saturated heterocycles. The Morgan fingerprint density at radius 3 is 2.80 bits per heavy atom. The lowest BCUT2D eigenvalue weighted by Gasteiger charge is -2.17. The van der Waals surface area contributed by atoms with E-state index in [1.807, 2.05) is 13.0 Å². The van der Waals surface area contributed by atoms with E-state index >= 15 is 0 Å². The van der Waals surface area contributed by atoms with E-state index in [1.165, 1.54) is 12.8 Å². The summed E-state index contributed by atoms with van der Waals surface area (Å²) in [6.07, 6.45) is 7.55. The first-order valence-electron chi connectivity index (χ1n) is 5.88. The van der Waals surface area contributed by atoms with Gasteiger partial charge < -0.3 is 10.6 Å². The van der Waals surface area contributed by atoms with E-state index in [4.69, 9.17) is 0 Å². The third-order valence-corrected chi connectivity index (χ3v) is 2.89. The molecule has 1 aliphatic carbocycles. The molecule has 0 spiro atoms. The van der Waals surface area contributed by atoms with Crippen molar-refractivity contribution in [1.29, 1.82) is 0 Å². The van der Waals surface area contributed by atoms with Crippen LogP contribution in [0.5, 0.6) is 0 Å². The summed E-state index contributed by atoms with van der Waals surface area (Å²) < 4.78 is 0. The Morgan fingerprint density at radius 2 is 2.20 bits per heavy atom. The molecular formula is C12H22N2O. The summed E-state index contributed by atoms with van der Waals surface area (Å²) in [6.45, 7) is 6.38. The standard InChI is InChI=1S/C12H22N2O/c1-3-4-9-13-10(2)12(15)14-11-7-5-6-8-11/h3,10-11,13H,1,4-9H2,2H3,(H,14,15). The van der Waals surface area contributed by atoms with Crippen LogP contribution in [0.3, 0.4) is 0 Å². The second-order valence-corrected chi connectivity index (χ2v) is 4.24. The molecule has 15 heavy (non-hydrogen) atoms. The minimum atomic E-state index is -0.0921. The topological polar surface area (TPSA) is 41.1 Å². The Labute approximate surface area is 92.3 Å². The predicted octanol–water partition coefficient (Wildman–Crippen LogP) is 1.60. The van der Waals surface area contributed by atoms with Crippen LogP contribution >= 0.6 is 0 Å². The maximum absolute atomic E-state index is 11.7. The van der Waals surface area contributed by atoms with Crippen LogP contribution in [0.1, 0.15) is 39.0 Å². The molecule has 0 aliphatic heterocycles. The van der Waals surface area contributed by atoms with Crippen LogP contribution in [-0.4, -0.2) is 24.5 Å². The first kappa shape index (κ1) is 12.2. The molecule has 3 heteroatoms. The number of rotatable bonds is 6. The largest absolute Gasteiger partial charge is 0.352 e. The van der Waals surface area contributed by atoms with E-state index in [-0.39, 0.29) is 11.9 Å². The minimum absolute atomic E-state index is 0.0921. The van der Waals surface area contributed by atoms with Crippen molar-refractivity contribution in [1.82, 2.24) is 10.6 Å². The van der Waals surface area contributed by atoms with Gasteiger partial charge >= 0.3 is 0 Å². The van der Waals surface area contributed by atoms with E-state index in [0.29, 0.717) is 6.04 Å². The van der Waals surface area contributed by atoms with Crippen molar-refractivity contribution in [2.75, 3.05) is 6.54 Å². The van der Waals surface area contributed by atoms with Crippen LogP contribution < -0.4 is 10.6 Å². The second-order valence-electron chi connectivity index (χ2n) is 4.24. The summed E-state index contributed by atoms with van der Waals surface area (Å²) in [4.78, 5) is 11.7. The maximum atomic E-state index is 11.7.